The van der Waals surface area contributed by atoms with E-state index >= 15 is 0 Å². The molecule has 1 aromatic carbocycles. The molecule has 0 bridgehead atoms. The predicted octanol–water partition coefficient (Wildman–Crippen LogP) is 5.15. The van der Waals surface area contributed by atoms with Crippen molar-refractivity contribution in [3.63, 3.8) is 0 Å². The Labute approximate surface area is 229 Å². The van der Waals surface area contributed by atoms with Gasteiger partial charge in [0.05, 0.1) is 23.6 Å². The van der Waals surface area contributed by atoms with Gasteiger partial charge in [-0.3, -0.25) is 4.40 Å². The van der Waals surface area contributed by atoms with Gasteiger partial charge >= 0.3 is 0 Å². The molecule has 0 saturated carbocycles. The summed E-state index contributed by atoms with van der Waals surface area (Å²) in [6, 6.07) is 16.3. The van der Waals surface area contributed by atoms with E-state index in [1.165, 1.54) is 11.5 Å². The molecule has 0 amide bonds. The number of imidazole rings is 1. The molecule has 1 atom stereocenters. The average Bonchev–Trinajstić information content (AvgIpc) is 3.73. The molecule has 0 spiro atoms. The van der Waals surface area contributed by atoms with E-state index < -0.39 is 0 Å². The molecule has 1 aliphatic rings. The molecule has 194 valence electrons. The summed E-state index contributed by atoms with van der Waals surface area (Å²) >= 11 is 1.41. The quantitative estimate of drug-likeness (QED) is 0.274. The molecule has 1 aliphatic heterocycles. The number of ether oxygens (including phenoxy) is 1. The van der Waals surface area contributed by atoms with Crippen molar-refractivity contribution in [2.24, 2.45) is 0 Å². The zero-order valence-electron chi connectivity index (χ0n) is 21.5. The van der Waals surface area contributed by atoms with E-state index in [-0.39, 0.29) is 12.1 Å². The lowest BCUT2D eigenvalue weighted by atomic mass is 10.0. The van der Waals surface area contributed by atoms with E-state index in [2.05, 4.69) is 31.9 Å². The van der Waals surface area contributed by atoms with Gasteiger partial charge in [-0.2, -0.15) is 14.9 Å². The van der Waals surface area contributed by atoms with Gasteiger partial charge in [0.15, 0.2) is 6.19 Å². The number of pyridine rings is 1. The summed E-state index contributed by atoms with van der Waals surface area (Å²) in [5.41, 5.74) is 6.37. The van der Waals surface area contributed by atoms with Gasteiger partial charge in [-0.25, -0.2) is 9.67 Å². The number of rotatable bonds is 6. The minimum Gasteiger partial charge on any atom is -0.471 e. The molecule has 10 nitrogen and oxygen atoms in total. The molecule has 11 heteroatoms. The molecular weight excluding hydrogens is 510 g/mol. The van der Waals surface area contributed by atoms with Crippen molar-refractivity contribution >= 4 is 17.2 Å². The molecule has 0 N–H and O–H groups in total. The van der Waals surface area contributed by atoms with E-state index in [1.807, 2.05) is 66.4 Å². The standard InChI is InChI=1S/C28H25N9OS/c1-18-28(32-34-37(18)21-7-10-35(17-30)11-8-21)20-13-26-31-16-22(15-29)36(26)27(14-20)38-19(2)23-5-3-4-6-24(23)25-9-12-39-33-25/h3-6,9,12-14,16,19,21H,7-8,10-11H2,1-2H3. The first kappa shape index (κ1) is 24.6. The monoisotopic (exact) mass is 535 g/mol. The number of benzene rings is 1. The Morgan fingerprint density at radius 2 is 1.95 bits per heavy atom. The fraction of sp³-hybridized carbons (Fsp3) is 0.286. The van der Waals surface area contributed by atoms with Crippen LogP contribution in [0.25, 0.3) is 28.2 Å². The zero-order valence-corrected chi connectivity index (χ0v) is 22.3. The van der Waals surface area contributed by atoms with Crippen molar-refractivity contribution in [2.75, 3.05) is 13.1 Å². The second-order valence-electron chi connectivity index (χ2n) is 9.55. The van der Waals surface area contributed by atoms with Crippen molar-refractivity contribution in [1.29, 1.82) is 10.5 Å². The normalized spacial score (nSPS) is 14.7. The van der Waals surface area contributed by atoms with Gasteiger partial charge in [0.1, 0.15) is 29.2 Å². The van der Waals surface area contributed by atoms with Crippen LogP contribution in [0.1, 0.15) is 48.9 Å². The summed E-state index contributed by atoms with van der Waals surface area (Å²) < 4.78 is 14.8. The lowest BCUT2D eigenvalue weighted by Gasteiger charge is -2.28. The maximum Gasteiger partial charge on any atom is 0.201 e. The number of likely N-dealkylation sites (tertiary alicyclic amines) is 1. The maximum atomic E-state index is 9.76. The molecule has 39 heavy (non-hydrogen) atoms. The Morgan fingerprint density at radius 1 is 1.13 bits per heavy atom. The van der Waals surface area contributed by atoms with Crippen LogP contribution in [0.3, 0.4) is 0 Å². The van der Waals surface area contributed by atoms with E-state index in [9.17, 15) is 10.5 Å². The van der Waals surface area contributed by atoms with Crippen LogP contribution in [0.2, 0.25) is 0 Å². The number of hydrogen-bond donors (Lipinski definition) is 0. The highest BCUT2D eigenvalue weighted by Crippen LogP contribution is 2.35. The largest absolute Gasteiger partial charge is 0.471 e. The molecule has 1 saturated heterocycles. The SMILES string of the molecule is Cc1c(-c2cc(OC(C)c3ccccc3-c3ccsn3)n3c(C#N)cnc3c2)nnn1C1CCN(C#N)CC1. The minimum absolute atomic E-state index is 0.189. The van der Waals surface area contributed by atoms with Crippen molar-refractivity contribution in [2.45, 2.75) is 38.8 Å². The van der Waals surface area contributed by atoms with Gasteiger partial charge in [0.25, 0.3) is 0 Å². The van der Waals surface area contributed by atoms with Gasteiger partial charge in [0, 0.05) is 41.2 Å². The molecule has 6 rings (SSSR count). The summed E-state index contributed by atoms with van der Waals surface area (Å²) in [6.07, 6.45) is 5.12. The Kier molecular flexibility index (Phi) is 6.43. The highest BCUT2D eigenvalue weighted by molar-refractivity contribution is 7.03. The van der Waals surface area contributed by atoms with Crippen LogP contribution in [-0.2, 0) is 0 Å². The highest BCUT2D eigenvalue weighted by Gasteiger charge is 2.25. The molecule has 5 heterocycles. The van der Waals surface area contributed by atoms with E-state index in [1.54, 1.807) is 15.5 Å². The third-order valence-corrected chi connectivity index (χ3v) is 7.81. The lowest BCUT2D eigenvalue weighted by Crippen LogP contribution is -2.31. The van der Waals surface area contributed by atoms with Crippen LogP contribution >= 0.6 is 11.5 Å². The molecule has 0 radical (unpaired) electrons. The number of fused-ring (bicyclic) bond motifs is 1. The molecule has 0 aliphatic carbocycles. The highest BCUT2D eigenvalue weighted by atomic mass is 32.1. The first-order valence-corrected chi connectivity index (χ1v) is 13.6. The van der Waals surface area contributed by atoms with Gasteiger partial charge in [-0.05, 0) is 50.4 Å². The van der Waals surface area contributed by atoms with Crippen LogP contribution in [0.4, 0.5) is 0 Å². The second-order valence-corrected chi connectivity index (χ2v) is 10.2. The van der Waals surface area contributed by atoms with Crippen LogP contribution < -0.4 is 4.74 Å². The van der Waals surface area contributed by atoms with Gasteiger partial charge < -0.3 is 9.64 Å². The summed E-state index contributed by atoms with van der Waals surface area (Å²) in [5, 5.41) is 29.9. The number of hydrogen-bond acceptors (Lipinski definition) is 9. The minimum atomic E-state index is -0.336. The average molecular weight is 536 g/mol. The first-order chi connectivity index (χ1) is 19.1. The van der Waals surface area contributed by atoms with E-state index in [4.69, 9.17) is 4.74 Å². The molecule has 1 unspecified atom stereocenters. The molecule has 4 aromatic heterocycles. The van der Waals surface area contributed by atoms with Gasteiger partial charge in [-0.1, -0.05) is 29.5 Å². The number of nitrogens with zero attached hydrogens (tertiary/aromatic N) is 9. The Bertz CT molecular complexity index is 1720. The lowest BCUT2D eigenvalue weighted by molar-refractivity contribution is 0.215. The Balaban J connectivity index is 1.38. The first-order valence-electron chi connectivity index (χ1n) is 12.7. The van der Waals surface area contributed by atoms with Crippen molar-refractivity contribution in [3.05, 3.63) is 71.0 Å². The smallest absolute Gasteiger partial charge is 0.201 e. The summed E-state index contributed by atoms with van der Waals surface area (Å²) in [7, 11) is 0. The Morgan fingerprint density at radius 3 is 2.69 bits per heavy atom. The van der Waals surface area contributed by atoms with Crippen molar-refractivity contribution in [3.8, 4) is 40.7 Å². The Hall–Kier alpha value is -4.74. The fourth-order valence-electron chi connectivity index (χ4n) is 5.23. The van der Waals surface area contributed by atoms with Crippen LogP contribution in [0.15, 0.2) is 54.0 Å². The molecule has 1 fully saturated rings. The third-order valence-electron chi connectivity index (χ3n) is 7.25. The van der Waals surface area contributed by atoms with Crippen molar-refractivity contribution in [1.82, 2.24) is 33.7 Å². The molecule has 5 aromatic rings. The van der Waals surface area contributed by atoms with E-state index in [0.29, 0.717) is 30.3 Å². The van der Waals surface area contributed by atoms with Gasteiger partial charge in [0.2, 0.25) is 5.88 Å². The van der Waals surface area contributed by atoms with Crippen LogP contribution in [0.5, 0.6) is 5.88 Å². The van der Waals surface area contributed by atoms with E-state index in [0.717, 1.165) is 46.6 Å². The van der Waals surface area contributed by atoms with Crippen LogP contribution in [-0.4, -0.2) is 46.7 Å². The fourth-order valence-corrected chi connectivity index (χ4v) is 5.75. The number of nitriles is 2. The zero-order chi connectivity index (χ0) is 26.9. The van der Waals surface area contributed by atoms with Crippen LogP contribution in [0, 0.1) is 29.7 Å². The predicted molar refractivity (Wildman–Crippen MR) is 146 cm³/mol. The second kappa shape index (κ2) is 10.2. The van der Waals surface area contributed by atoms with Gasteiger partial charge in [-0.15, -0.1) is 5.10 Å². The maximum absolute atomic E-state index is 9.76. The number of piperidine rings is 1. The topological polar surface area (TPSA) is 121 Å². The van der Waals surface area contributed by atoms with Crippen molar-refractivity contribution < 1.29 is 4.74 Å². The summed E-state index contributed by atoms with van der Waals surface area (Å²) in [6.45, 7) is 5.42. The summed E-state index contributed by atoms with van der Waals surface area (Å²) in [5.74, 6) is 0.494. The number of aromatic nitrogens is 6. The summed E-state index contributed by atoms with van der Waals surface area (Å²) in [4.78, 5) is 6.26. The third kappa shape index (κ3) is 4.47. The molecular formula is C28H25N9OS.